The van der Waals surface area contributed by atoms with E-state index in [4.69, 9.17) is 14.7 Å². The van der Waals surface area contributed by atoms with Crippen molar-refractivity contribution in [1.29, 1.82) is 0 Å². The number of halogens is 3. The number of nitrogens with zero attached hydrogens (tertiary/aromatic N) is 5. The second-order valence-electron chi connectivity index (χ2n) is 9.93. The third-order valence-electron chi connectivity index (χ3n) is 7.10. The van der Waals surface area contributed by atoms with Gasteiger partial charge in [-0.15, -0.1) is 13.2 Å². The predicted octanol–water partition coefficient (Wildman–Crippen LogP) is 5.71. The zero-order valence-electron chi connectivity index (χ0n) is 22.9. The molecular weight excluding hydrogens is 545 g/mol. The molecule has 3 aliphatic rings. The minimum atomic E-state index is -4.77. The summed E-state index contributed by atoms with van der Waals surface area (Å²) in [6.07, 6.45) is -3.02. The average molecular weight is 575 g/mol. The zero-order chi connectivity index (χ0) is 29.1. The Balaban J connectivity index is 1.49. The van der Waals surface area contributed by atoms with Gasteiger partial charge in [-0.25, -0.2) is 4.98 Å². The Kier molecular flexibility index (Phi) is 7.77. The van der Waals surface area contributed by atoms with Crippen LogP contribution in [0.1, 0.15) is 5.69 Å². The smallest absolute Gasteiger partial charge is 0.406 e. The molecule has 0 bridgehead atoms. The van der Waals surface area contributed by atoms with Gasteiger partial charge in [0.05, 0.1) is 64.6 Å². The molecular formula is C31H29F3N6O2. The maximum Gasteiger partial charge on any atom is 0.573 e. The molecule has 2 aromatic carbocycles. The van der Waals surface area contributed by atoms with Gasteiger partial charge in [-0.3, -0.25) is 14.9 Å². The van der Waals surface area contributed by atoms with E-state index < -0.39 is 6.36 Å². The first-order valence-corrected chi connectivity index (χ1v) is 13.6. The zero-order valence-corrected chi connectivity index (χ0v) is 22.9. The van der Waals surface area contributed by atoms with Crippen LogP contribution in [0.3, 0.4) is 0 Å². The quantitative estimate of drug-likeness (QED) is 0.251. The lowest BCUT2D eigenvalue weighted by molar-refractivity contribution is -0.274. The number of rotatable bonds is 7. The number of pyridine rings is 1. The minimum Gasteiger partial charge on any atom is -0.406 e. The Morgan fingerprint density at radius 1 is 0.976 bits per heavy atom. The lowest BCUT2D eigenvalue weighted by atomic mass is 10.1. The van der Waals surface area contributed by atoms with Crippen molar-refractivity contribution in [1.82, 2.24) is 19.4 Å². The molecule has 3 aromatic rings. The summed E-state index contributed by atoms with van der Waals surface area (Å²) in [5.74, 6) is -0.286. The van der Waals surface area contributed by atoms with Crippen LogP contribution < -0.4 is 15.4 Å². The van der Waals surface area contributed by atoms with Crippen LogP contribution in [-0.4, -0.2) is 65.2 Å². The Hall–Kier alpha value is -4.48. The molecule has 0 unspecified atom stereocenters. The molecule has 0 atom stereocenters. The molecule has 0 spiro atoms. The molecule has 1 saturated heterocycles. The first-order chi connectivity index (χ1) is 20.3. The van der Waals surface area contributed by atoms with E-state index in [2.05, 4.69) is 19.9 Å². The molecule has 2 aliphatic heterocycles. The monoisotopic (exact) mass is 574 g/mol. The van der Waals surface area contributed by atoms with Crippen molar-refractivity contribution in [3.05, 3.63) is 90.0 Å². The molecule has 1 aromatic heterocycles. The van der Waals surface area contributed by atoms with Crippen LogP contribution in [0.2, 0.25) is 0 Å². The highest BCUT2D eigenvalue weighted by atomic mass is 19.4. The van der Waals surface area contributed by atoms with Gasteiger partial charge in [0.2, 0.25) is 0 Å². The van der Waals surface area contributed by atoms with Crippen molar-refractivity contribution in [2.75, 3.05) is 44.7 Å². The Labute approximate surface area is 240 Å². The van der Waals surface area contributed by atoms with Crippen molar-refractivity contribution in [2.45, 2.75) is 13.3 Å². The van der Waals surface area contributed by atoms with Gasteiger partial charge < -0.3 is 19.4 Å². The SMILES string of the molecule is Cc1ncccc1Nc1cc2nc3ccccc3n(-c3ccc(OC(F)(F)F)cc3)c-2cc1=NCCN1CCOCC1. The van der Waals surface area contributed by atoms with Crippen LogP contribution in [-0.2, 0) is 4.74 Å². The lowest BCUT2D eigenvalue weighted by Crippen LogP contribution is -2.38. The van der Waals surface area contributed by atoms with Gasteiger partial charge in [0.25, 0.3) is 0 Å². The molecule has 1 N–H and O–H groups in total. The largest absolute Gasteiger partial charge is 0.573 e. The van der Waals surface area contributed by atoms with Crippen LogP contribution in [0.4, 0.5) is 24.5 Å². The number of para-hydroxylation sites is 2. The van der Waals surface area contributed by atoms with Crippen molar-refractivity contribution >= 4 is 22.4 Å². The van der Waals surface area contributed by atoms with Crippen molar-refractivity contribution < 1.29 is 22.6 Å². The molecule has 3 heterocycles. The van der Waals surface area contributed by atoms with Crippen LogP contribution in [0, 0.1) is 6.92 Å². The summed E-state index contributed by atoms with van der Waals surface area (Å²) in [4.78, 5) is 16.7. The van der Waals surface area contributed by atoms with E-state index in [0.717, 1.165) is 58.8 Å². The van der Waals surface area contributed by atoms with Gasteiger partial charge in [0.15, 0.2) is 0 Å². The lowest BCUT2D eigenvalue weighted by Gasteiger charge is -2.25. The van der Waals surface area contributed by atoms with Gasteiger partial charge >= 0.3 is 6.36 Å². The number of hydrogen-bond acceptors (Lipinski definition) is 7. The third-order valence-corrected chi connectivity index (χ3v) is 7.10. The summed E-state index contributed by atoms with van der Waals surface area (Å²) in [5.41, 5.74) is 6.14. The van der Waals surface area contributed by atoms with Gasteiger partial charge in [-0.2, -0.15) is 0 Å². The Morgan fingerprint density at radius 2 is 1.76 bits per heavy atom. The topological polar surface area (TPSA) is 76.8 Å². The maximum atomic E-state index is 12.8. The number of benzene rings is 3. The Bertz CT molecular complexity index is 1730. The molecule has 0 radical (unpaired) electrons. The number of morpholine rings is 1. The molecule has 0 saturated carbocycles. The maximum absolute atomic E-state index is 12.8. The van der Waals surface area contributed by atoms with Crippen molar-refractivity contribution in [3.8, 4) is 22.8 Å². The summed E-state index contributed by atoms with van der Waals surface area (Å²) in [6.45, 7) is 6.49. The summed E-state index contributed by atoms with van der Waals surface area (Å²) < 4.78 is 50.0. The van der Waals surface area contributed by atoms with Gasteiger partial charge in [-0.05, 0) is 67.6 Å². The first kappa shape index (κ1) is 27.7. The van der Waals surface area contributed by atoms with E-state index in [9.17, 15) is 13.2 Å². The Morgan fingerprint density at radius 3 is 2.52 bits per heavy atom. The standard InChI is InChI=1S/C31H29F3N6O2/c1-21-24(6-4-12-35-21)37-27-19-28-30(20-26(27)36-13-14-39-15-17-41-18-16-39)40(29-7-3-2-5-25(29)38-28)22-8-10-23(11-9-22)42-31(32,33)34/h2-12,19-20,37H,13-18H2,1H3. The van der Waals surface area contributed by atoms with E-state index in [1.54, 1.807) is 18.3 Å². The van der Waals surface area contributed by atoms with Gasteiger partial charge in [0.1, 0.15) is 5.75 Å². The molecule has 11 heteroatoms. The highest BCUT2D eigenvalue weighted by Crippen LogP contribution is 2.32. The van der Waals surface area contributed by atoms with Gasteiger partial charge in [-0.1, -0.05) is 12.1 Å². The van der Waals surface area contributed by atoms with Crippen molar-refractivity contribution in [3.63, 3.8) is 0 Å². The number of fused-ring (bicyclic) bond motifs is 2. The normalized spacial score (nSPS) is 14.9. The number of hydrogen-bond donors (Lipinski definition) is 1. The first-order valence-electron chi connectivity index (χ1n) is 13.6. The molecule has 0 amide bonds. The fourth-order valence-electron chi connectivity index (χ4n) is 5.05. The number of aromatic nitrogens is 3. The van der Waals surface area contributed by atoms with E-state index in [0.29, 0.717) is 31.1 Å². The number of aryl methyl sites for hydroxylation is 1. The molecule has 8 nitrogen and oxygen atoms in total. The number of nitrogens with one attached hydrogen (secondary N) is 1. The summed E-state index contributed by atoms with van der Waals surface area (Å²) >= 11 is 0. The molecule has 1 aliphatic carbocycles. The fourth-order valence-corrected chi connectivity index (χ4v) is 5.05. The third kappa shape index (κ3) is 6.22. The summed E-state index contributed by atoms with van der Waals surface area (Å²) in [5, 5.41) is 4.23. The minimum absolute atomic E-state index is 0.286. The highest BCUT2D eigenvalue weighted by molar-refractivity contribution is 5.84. The highest BCUT2D eigenvalue weighted by Gasteiger charge is 2.31. The van der Waals surface area contributed by atoms with Crippen LogP contribution in [0.5, 0.6) is 5.75 Å². The number of anilines is 2. The van der Waals surface area contributed by atoms with E-state index >= 15 is 0 Å². The van der Waals surface area contributed by atoms with Crippen LogP contribution in [0.25, 0.3) is 28.1 Å². The average Bonchev–Trinajstić information content (AvgIpc) is 2.98. The van der Waals surface area contributed by atoms with Crippen LogP contribution >= 0.6 is 0 Å². The van der Waals surface area contributed by atoms with E-state index in [-0.39, 0.29) is 5.75 Å². The second-order valence-corrected chi connectivity index (χ2v) is 9.93. The summed E-state index contributed by atoms with van der Waals surface area (Å²) in [7, 11) is 0. The fraction of sp³-hybridized carbons (Fsp3) is 0.258. The second kappa shape index (κ2) is 11.8. The van der Waals surface area contributed by atoms with E-state index in [1.807, 2.05) is 60.0 Å². The number of alkyl halides is 3. The summed E-state index contributed by atoms with van der Waals surface area (Å²) in [6, 6.07) is 21.2. The molecule has 6 rings (SSSR count). The molecule has 42 heavy (non-hydrogen) atoms. The van der Waals surface area contributed by atoms with E-state index in [1.165, 1.54) is 12.1 Å². The van der Waals surface area contributed by atoms with Gasteiger partial charge in [0, 0.05) is 31.5 Å². The predicted molar refractivity (Wildman–Crippen MR) is 154 cm³/mol. The van der Waals surface area contributed by atoms with Crippen LogP contribution in [0.15, 0.2) is 84.0 Å². The van der Waals surface area contributed by atoms with Crippen molar-refractivity contribution in [2.24, 2.45) is 4.99 Å². The molecule has 216 valence electrons. The number of ether oxygens (including phenoxy) is 2. The molecule has 1 fully saturated rings.